The van der Waals surface area contributed by atoms with Gasteiger partial charge in [0.2, 0.25) is 0 Å². The molecule has 0 heterocycles. The first-order valence-electron chi connectivity index (χ1n) is 6.36. The molecule has 0 aliphatic rings. The quantitative estimate of drug-likeness (QED) is 0.505. The average Bonchev–Trinajstić information content (AvgIpc) is 2.47. The molecule has 0 fully saturated rings. The first-order valence-corrected chi connectivity index (χ1v) is 6.36. The van der Waals surface area contributed by atoms with Crippen molar-refractivity contribution in [2.45, 2.75) is 13.5 Å². The molecule has 0 bridgehead atoms. The van der Waals surface area contributed by atoms with Crippen LogP contribution in [0.2, 0.25) is 0 Å². The van der Waals surface area contributed by atoms with Gasteiger partial charge in [0.05, 0.1) is 6.21 Å². The van der Waals surface area contributed by atoms with Gasteiger partial charge in [-0.05, 0) is 30.2 Å². The first-order chi connectivity index (χ1) is 9.74. The fraction of sp³-hybridized carbons (Fsp3) is 0.118. The molecule has 0 saturated heterocycles. The van der Waals surface area contributed by atoms with Crippen LogP contribution >= 0.6 is 0 Å². The molecule has 2 aromatic carbocycles. The Labute approximate surface area is 118 Å². The van der Waals surface area contributed by atoms with Gasteiger partial charge in [-0.1, -0.05) is 53.7 Å². The minimum atomic E-state index is 0.444. The lowest BCUT2D eigenvalue weighted by Crippen LogP contribution is -2.00. The number of para-hydroxylation sites is 1. The molecule has 0 aliphatic carbocycles. The van der Waals surface area contributed by atoms with Gasteiger partial charge in [0, 0.05) is 5.56 Å². The van der Waals surface area contributed by atoms with E-state index in [-0.39, 0.29) is 0 Å². The smallest absolute Gasteiger partial charge is 0.128 e. The SMILES string of the molecule is C=Cc1ccc(C)cc1COc1ccccc1/C=N/O. The van der Waals surface area contributed by atoms with Crippen molar-refractivity contribution in [1.29, 1.82) is 0 Å². The fourth-order valence-corrected chi connectivity index (χ4v) is 2.00. The maximum Gasteiger partial charge on any atom is 0.128 e. The van der Waals surface area contributed by atoms with Crippen LogP contribution in [0.1, 0.15) is 22.3 Å². The van der Waals surface area contributed by atoms with Crippen LogP contribution in [0.25, 0.3) is 6.08 Å². The van der Waals surface area contributed by atoms with Crippen LogP contribution in [0.5, 0.6) is 5.75 Å². The summed E-state index contributed by atoms with van der Waals surface area (Å²) < 4.78 is 5.82. The number of nitrogens with zero attached hydrogens (tertiary/aromatic N) is 1. The molecule has 102 valence electrons. The molecule has 3 nitrogen and oxygen atoms in total. The van der Waals surface area contributed by atoms with E-state index in [1.165, 1.54) is 11.8 Å². The van der Waals surface area contributed by atoms with Crippen LogP contribution in [-0.2, 0) is 6.61 Å². The predicted octanol–water partition coefficient (Wildman–Crippen LogP) is 4.03. The Kier molecular flexibility index (Phi) is 4.56. The van der Waals surface area contributed by atoms with Crippen molar-refractivity contribution in [3.63, 3.8) is 0 Å². The Morgan fingerprint density at radius 3 is 2.75 bits per heavy atom. The molecule has 0 radical (unpaired) electrons. The van der Waals surface area contributed by atoms with E-state index >= 15 is 0 Å². The van der Waals surface area contributed by atoms with Gasteiger partial charge in [-0.15, -0.1) is 0 Å². The number of hydrogen-bond acceptors (Lipinski definition) is 3. The Balaban J connectivity index is 2.21. The molecule has 0 unspecified atom stereocenters. The van der Waals surface area contributed by atoms with E-state index in [1.54, 1.807) is 0 Å². The summed E-state index contributed by atoms with van der Waals surface area (Å²) in [5.74, 6) is 0.682. The predicted molar refractivity (Wildman–Crippen MR) is 81.4 cm³/mol. The highest BCUT2D eigenvalue weighted by Crippen LogP contribution is 2.20. The molecule has 0 amide bonds. The van der Waals surface area contributed by atoms with Crippen molar-refractivity contribution in [1.82, 2.24) is 0 Å². The number of oxime groups is 1. The number of benzene rings is 2. The highest BCUT2D eigenvalue weighted by Gasteiger charge is 2.04. The van der Waals surface area contributed by atoms with E-state index in [0.717, 1.165) is 16.7 Å². The summed E-state index contributed by atoms with van der Waals surface area (Å²) in [4.78, 5) is 0. The van der Waals surface area contributed by atoms with E-state index in [9.17, 15) is 0 Å². The summed E-state index contributed by atoms with van der Waals surface area (Å²) in [6.45, 7) is 6.30. The van der Waals surface area contributed by atoms with E-state index in [4.69, 9.17) is 9.94 Å². The van der Waals surface area contributed by atoms with Gasteiger partial charge >= 0.3 is 0 Å². The van der Waals surface area contributed by atoms with Gasteiger partial charge < -0.3 is 9.94 Å². The van der Waals surface area contributed by atoms with E-state index in [2.05, 4.69) is 17.8 Å². The molecule has 3 heteroatoms. The monoisotopic (exact) mass is 267 g/mol. The average molecular weight is 267 g/mol. The van der Waals surface area contributed by atoms with Gasteiger partial charge in [0.25, 0.3) is 0 Å². The molecule has 1 N–H and O–H groups in total. The lowest BCUT2D eigenvalue weighted by molar-refractivity contribution is 0.304. The van der Waals surface area contributed by atoms with E-state index in [0.29, 0.717) is 12.4 Å². The third-order valence-electron chi connectivity index (χ3n) is 3.02. The Morgan fingerprint density at radius 1 is 1.20 bits per heavy atom. The minimum absolute atomic E-state index is 0.444. The summed E-state index contributed by atoms with van der Waals surface area (Å²) in [5, 5.41) is 11.7. The number of aryl methyl sites for hydroxylation is 1. The molecule has 0 aromatic heterocycles. The molecule has 2 rings (SSSR count). The van der Waals surface area contributed by atoms with Crippen LogP contribution in [-0.4, -0.2) is 11.4 Å². The maximum atomic E-state index is 8.65. The summed E-state index contributed by atoms with van der Waals surface area (Å²) in [6.07, 6.45) is 3.18. The van der Waals surface area contributed by atoms with Crippen LogP contribution in [0.15, 0.2) is 54.2 Å². The molecule has 0 saturated carbocycles. The summed E-state index contributed by atoms with van der Waals surface area (Å²) in [6, 6.07) is 13.6. The molecule has 0 atom stereocenters. The fourth-order valence-electron chi connectivity index (χ4n) is 2.00. The van der Waals surface area contributed by atoms with E-state index < -0.39 is 0 Å². The molecule has 20 heavy (non-hydrogen) atoms. The lowest BCUT2D eigenvalue weighted by Gasteiger charge is -2.11. The van der Waals surface area contributed by atoms with Gasteiger partial charge in [-0.2, -0.15) is 0 Å². The highest BCUT2D eigenvalue weighted by atomic mass is 16.5. The minimum Gasteiger partial charge on any atom is -0.488 e. The van der Waals surface area contributed by atoms with Crippen molar-refractivity contribution in [2.24, 2.45) is 5.16 Å². The number of ether oxygens (including phenoxy) is 1. The van der Waals surface area contributed by atoms with Crippen LogP contribution in [0.3, 0.4) is 0 Å². The third kappa shape index (κ3) is 3.26. The van der Waals surface area contributed by atoms with Crippen molar-refractivity contribution in [2.75, 3.05) is 0 Å². The molecule has 0 aliphatic heterocycles. The van der Waals surface area contributed by atoms with Crippen LogP contribution in [0, 0.1) is 6.92 Å². The molecular formula is C17H17NO2. The summed E-state index contributed by atoms with van der Waals surface area (Å²) in [5.41, 5.74) is 4.06. The zero-order valence-electron chi connectivity index (χ0n) is 11.4. The summed E-state index contributed by atoms with van der Waals surface area (Å²) in [7, 11) is 0. The number of rotatable bonds is 5. The zero-order valence-corrected chi connectivity index (χ0v) is 11.4. The largest absolute Gasteiger partial charge is 0.488 e. The second kappa shape index (κ2) is 6.57. The van der Waals surface area contributed by atoms with Gasteiger partial charge in [-0.3, -0.25) is 0 Å². The first kappa shape index (κ1) is 13.9. The lowest BCUT2D eigenvalue weighted by atomic mass is 10.1. The van der Waals surface area contributed by atoms with Crippen LogP contribution in [0.4, 0.5) is 0 Å². The molecule has 0 spiro atoms. The van der Waals surface area contributed by atoms with Gasteiger partial charge in [-0.25, -0.2) is 0 Å². The Morgan fingerprint density at radius 2 is 2.00 bits per heavy atom. The highest BCUT2D eigenvalue weighted by molar-refractivity contribution is 5.82. The number of hydrogen-bond donors (Lipinski definition) is 1. The van der Waals surface area contributed by atoms with Gasteiger partial charge in [0.1, 0.15) is 12.4 Å². The zero-order chi connectivity index (χ0) is 14.4. The van der Waals surface area contributed by atoms with Crippen molar-refractivity contribution in [3.8, 4) is 5.75 Å². The van der Waals surface area contributed by atoms with Crippen LogP contribution < -0.4 is 4.74 Å². The second-order valence-electron chi connectivity index (χ2n) is 4.48. The summed E-state index contributed by atoms with van der Waals surface area (Å²) >= 11 is 0. The Hall–Kier alpha value is -2.55. The topological polar surface area (TPSA) is 41.8 Å². The Bertz CT molecular complexity index is 633. The second-order valence-corrected chi connectivity index (χ2v) is 4.48. The maximum absolute atomic E-state index is 8.65. The molecule has 2 aromatic rings. The van der Waals surface area contributed by atoms with Crippen molar-refractivity contribution < 1.29 is 9.94 Å². The van der Waals surface area contributed by atoms with Gasteiger partial charge in [0.15, 0.2) is 0 Å². The normalized spacial score (nSPS) is 10.7. The van der Waals surface area contributed by atoms with E-state index in [1.807, 2.05) is 49.4 Å². The third-order valence-corrected chi connectivity index (χ3v) is 3.02. The standard InChI is InChI=1S/C17H17NO2/c1-3-14-9-8-13(2)10-16(14)12-20-17-7-5-4-6-15(17)11-18-19/h3-11,19H,1,12H2,2H3/b18-11+. The molecular weight excluding hydrogens is 250 g/mol. The van der Waals surface area contributed by atoms with Crippen molar-refractivity contribution >= 4 is 12.3 Å². The van der Waals surface area contributed by atoms with Crippen molar-refractivity contribution in [3.05, 3.63) is 71.3 Å².